The Balaban J connectivity index is 0.962. The van der Waals surface area contributed by atoms with Gasteiger partial charge >= 0.3 is 0 Å². The monoisotopic (exact) mass is 677 g/mol. The largest absolute Gasteiger partial charge is 0.378 e. The number of carbonyl (C=O) groups excluding carboxylic acids is 3. The summed E-state index contributed by atoms with van der Waals surface area (Å²) in [5.41, 5.74) is 7.18. The number of anilines is 2. The summed E-state index contributed by atoms with van der Waals surface area (Å²) < 4.78 is 13.4. The molecule has 0 saturated carbocycles. The van der Waals surface area contributed by atoms with E-state index in [9.17, 15) is 14.4 Å². The summed E-state index contributed by atoms with van der Waals surface area (Å²) in [5, 5.41) is 5.94. The molecule has 0 bridgehead atoms. The zero-order chi connectivity index (χ0) is 34.8. The van der Waals surface area contributed by atoms with Gasteiger partial charge < -0.3 is 34.5 Å². The fourth-order valence-corrected chi connectivity index (χ4v) is 7.10. The molecule has 50 heavy (non-hydrogen) atoms. The van der Waals surface area contributed by atoms with E-state index >= 15 is 0 Å². The lowest BCUT2D eigenvalue weighted by Crippen LogP contribution is -2.63. The molecule has 2 N–H and O–H groups in total. The highest BCUT2D eigenvalue weighted by Crippen LogP contribution is 2.42. The number of ether oxygens (including phenoxy) is 2. The number of hydrogen-bond donors (Lipinski definition) is 2. The maximum Gasteiger partial charge on any atom is 0.268 e. The predicted molar refractivity (Wildman–Crippen MR) is 189 cm³/mol. The van der Waals surface area contributed by atoms with E-state index in [2.05, 4.69) is 36.9 Å². The standard InChI is InChI=1S/C38H43N7O5/c1-26-20-33(45-15-14-44(38(34(26)45)24-50-25-38)23-27-4-6-29(7-5-27)37(48)42(2)3)36(47)40-21-30-10-11-31(22-39-30)41-35(46)28-8-12-32(13-9-28)43-16-18-49-19-17-43/h4-13,20,22H,14-19,21,23-25H2,1-3H3,(H,40,47)(H,41,46). The zero-order valence-electron chi connectivity index (χ0n) is 28.8. The van der Waals surface area contributed by atoms with Crippen LogP contribution in [0.25, 0.3) is 0 Å². The van der Waals surface area contributed by atoms with Crippen molar-refractivity contribution in [2.24, 2.45) is 0 Å². The molecule has 2 aromatic carbocycles. The van der Waals surface area contributed by atoms with Crippen LogP contribution in [0, 0.1) is 6.92 Å². The van der Waals surface area contributed by atoms with Crippen LogP contribution in [0.5, 0.6) is 0 Å². The minimum atomic E-state index is -0.314. The molecule has 12 heteroatoms. The molecule has 0 atom stereocenters. The maximum absolute atomic E-state index is 13.5. The van der Waals surface area contributed by atoms with E-state index in [-0.39, 0.29) is 29.8 Å². The van der Waals surface area contributed by atoms with Crippen LogP contribution in [-0.2, 0) is 34.6 Å². The summed E-state index contributed by atoms with van der Waals surface area (Å²) in [6.45, 7) is 8.67. The summed E-state index contributed by atoms with van der Waals surface area (Å²) in [7, 11) is 3.50. The van der Waals surface area contributed by atoms with E-state index < -0.39 is 0 Å². The zero-order valence-corrected chi connectivity index (χ0v) is 28.8. The number of nitrogens with one attached hydrogen (secondary N) is 2. The second kappa shape index (κ2) is 14.1. The van der Waals surface area contributed by atoms with Gasteiger partial charge in [0.25, 0.3) is 17.7 Å². The van der Waals surface area contributed by atoms with Crippen LogP contribution in [0.3, 0.4) is 0 Å². The lowest BCUT2D eigenvalue weighted by Gasteiger charge is -2.53. The number of nitrogens with zero attached hydrogens (tertiary/aromatic N) is 5. The third-order valence-corrected chi connectivity index (χ3v) is 9.84. The van der Waals surface area contributed by atoms with Crippen LogP contribution in [-0.4, -0.2) is 97.2 Å². The summed E-state index contributed by atoms with van der Waals surface area (Å²) in [6.07, 6.45) is 1.60. The molecule has 3 aliphatic heterocycles. The van der Waals surface area contributed by atoms with Crippen molar-refractivity contribution >= 4 is 29.1 Å². The molecule has 0 aliphatic carbocycles. The molecule has 260 valence electrons. The first-order valence-corrected chi connectivity index (χ1v) is 17.0. The van der Waals surface area contributed by atoms with Crippen LogP contribution in [0.15, 0.2) is 72.9 Å². The Kier molecular flexibility index (Phi) is 9.41. The Bertz CT molecular complexity index is 1860. The summed E-state index contributed by atoms with van der Waals surface area (Å²) >= 11 is 0. The molecule has 2 aromatic heterocycles. The molecule has 5 heterocycles. The van der Waals surface area contributed by atoms with Gasteiger partial charge in [0.05, 0.1) is 50.6 Å². The van der Waals surface area contributed by atoms with E-state index in [1.165, 1.54) is 0 Å². The van der Waals surface area contributed by atoms with Gasteiger partial charge in [-0.15, -0.1) is 0 Å². The van der Waals surface area contributed by atoms with Crippen molar-refractivity contribution in [3.63, 3.8) is 0 Å². The minimum absolute atomic E-state index is 0.0173. The molecule has 2 saturated heterocycles. The second-order valence-corrected chi connectivity index (χ2v) is 13.4. The van der Waals surface area contributed by atoms with E-state index in [0.29, 0.717) is 61.2 Å². The third kappa shape index (κ3) is 6.61. The van der Waals surface area contributed by atoms with Crippen molar-refractivity contribution in [2.75, 3.05) is 70.4 Å². The Hall–Kier alpha value is -5.04. The smallest absolute Gasteiger partial charge is 0.268 e. The van der Waals surface area contributed by atoms with Crippen molar-refractivity contribution in [2.45, 2.75) is 32.1 Å². The van der Waals surface area contributed by atoms with Crippen molar-refractivity contribution in [3.05, 3.63) is 112 Å². The molecule has 7 rings (SSSR count). The fraction of sp³-hybridized carbons (Fsp3) is 0.368. The van der Waals surface area contributed by atoms with Gasteiger partial charge in [0.15, 0.2) is 0 Å². The number of aryl methyl sites for hydroxylation is 1. The highest BCUT2D eigenvalue weighted by molar-refractivity contribution is 6.04. The molecule has 12 nitrogen and oxygen atoms in total. The molecule has 1 spiro atoms. The summed E-state index contributed by atoms with van der Waals surface area (Å²) in [6, 6.07) is 20.9. The number of hydrogen-bond acceptors (Lipinski definition) is 8. The van der Waals surface area contributed by atoms with Crippen molar-refractivity contribution < 1.29 is 23.9 Å². The van der Waals surface area contributed by atoms with Gasteiger partial charge in [-0.1, -0.05) is 12.1 Å². The van der Waals surface area contributed by atoms with Gasteiger partial charge in [-0.3, -0.25) is 24.3 Å². The first-order valence-electron chi connectivity index (χ1n) is 17.0. The van der Waals surface area contributed by atoms with E-state index in [0.717, 1.165) is 48.7 Å². The highest BCUT2D eigenvalue weighted by Gasteiger charge is 2.51. The summed E-state index contributed by atoms with van der Waals surface area (Å²) in [4.78, 5) is 49.5. The quantitative estimate of drug-likeness (QED) is 0.276. The van der Waals surface area contributed by atoms with Crippen molar-refractivity contribution in [1.29, 1.82) is 0 Å². The van der Waals surface area contributed by atoms with Crippen LogP contribution in [0.1, 0.15) is 53.7 Å². The molecule has 2 fully saturated rings. The average molecular weight is 678 g/mol. The van der Waals surface area contributed by atoms with Gasteiger partial charge in [-0.05, 0) is 72.6 Å². The first-order chi connectivity index (χ1) is 24.2. The molecule has 4 aromatic rings. The molecule has 3 amide bonds. The Labute approximate surface area is 292 Å². The van der Waals surface area contributed by atoms with Gasteiger partial charge in [0.1, 0.15) is 11.2 Å². The minimum Gasteiger partial charge on any atom is -0.378 e. The highest BCUT2D eigenvalue weighted by atomic mass is 16.5. The first kappa shape index (κ1) is 33.5. The van der Waals surface area contributed by atoms with Gasteiger partial charge in [-0.2, -0.15) is 0 Å². The third-order valence-electron chi connectivity index (χ3n) is 9.84. The van der Waals surface area contributed by atoms with Gasteiger partial charge in [0.2, 0.25) is 0 Å². The van der Waals surface area contributed by atoms with Crippen LogP contribution >= 0.6 is 0 Å². The van der Waals surface area contributed by atoms with E-state index in [1.54, 1.807) is 37.3 Å². The van der Waals surface area contributed by atoms with Crippen LogP contribution < -0.4 is 15.5 Å². The lowest BCUT2D eigenvalue weighted by molar-refractivity contribution is -0.163. The Morgan fingerprint density at radius 2 is 1.58 bits per heavy atom. The lowest BCUT2D eigenvalue weighted by atomic mass is 9.86. The van der Waals surface area contributed by atoms with Crippen LogP contribution in [0.2, 0.25) is 0 Å². The Morgan fingerprint density at radius 1 is 0.860 bits per heavy atom. The fourth-order valence-electron chi connectivity index (χ4n) is 7.10. The van der Waals surface area contributed by atoms with Gasteiger partial charge in [-0.25, -0.2) is 0 Å². The van der Waals surface area contributed by atoms with E-state index in [1.807, 2.05) is 54.6 Å². The summed E-state index contributed by atoms with van der Waals surface area (Å²) in [5.74, 6) is -0.391. The molecular formula is C38H43N7O5. The normalized spacial score (nSPS) is 16.7. The molecular weight excluding hydrogens is 634 g/mol. The maximum atomic E-state index is 13.5. The SMILES string of the molecule is Cc1cc(C(=O)NCc2ccc(NC(=O)c3ccc(N4CCOCC4)cc3)cn2)n2c1C1(COC1)N(Cc1ccc(C(=O)N(C)C)cc1)CC2. The van der Waals surface area contributed by atoms with Crippen molar-refractivity contribution in [3.8, 4) is 0 Å². The Morgan fingerprint density at radius 3 is 2.22 bits per heavy atom. The molecule has 3 aliphatic rings. The number of aromatic nitrogens is 2. The number of carbonyl (C=O) groups is 3. The number of benzene rings is 2. The van der Waals surface area contributed by atoms with E-state index in [4.69, 9.17) is 9.47 Å². The number of morpholine rings is 1. The number of rotatable bonds is 9. The van der Waals surface area contributed by atoms with Crippen LogP contribution in [0.4, 0.5) is 11.4 Å². The van der Waals surface area contributed by atoms with Gasteiger partial charge in [0, 0.05) is 69.3 Å². The second-order valence-electron chi connectivity index (χ2n) is 13.4. The predicted octanol–water partition coefficient (Wildman–Crippen LogP) is 3.65. The molecule has 0 radical (unpaired) electrons. The number of fused-ring (bicyclic) bond motifs is 2. The average Bonchev–Trinajstić information content (AvgIpc) is 3.47. The number of pyridine rings is 1. The van der Waals surface area contributed by atoms with Crippen molar-refractivity contribution in [1.82, 2.24) is 24.7 Å². The topological polar surface area (TPSA) is 121 Å². The molecule has 0 unspecified atom stereocenters. The number of amides is 3.